The van der Waals surface area contributed by atoms with E-state index in [4.69, 9.17) is 33.2 Å². The highest BCUT2D eigenvalue weighted by molar-refractivity contribution is 5.83. The van der Waals surface area contributed by atoms with E-state index in [1.807, 2.05) is 25.9 Å². The minimum absolute atomic E-state index is 0.0485. The molecule has 310 valence electrons. The van der Waals surface area contributed by atoms with E-state index in [1.165, 1.54) is 28.1 Å². The van der Waals surface area contributed by atoms with E-state index in [1.54, 1.807) is 41.5 Å². The maximum atomic E-state index is 14.2. The van der Waals surface area contributed by atoms with Crippen LogP contribution in [-0.4, -0.2) is 161 Å². The van der Waals surface area contributed by atoms with E-state index < -0.39 is 108 Å². The lowest BCUT2D eigenvalue weighted by atomic mass is 9.73. The molecule has 3 heterocycles. The Morgan fingerprint density at radius 3 is 2.02 bits per heavy atom. The average molecular weight is 764 g/mol. The number of Topliss-reactive ketones (excluding diaryl/α,β-unsaturated/α-hetero) is 1. The second kappa shape index (κ2) is 18.3. The Kier molecular flexibility index (Phi) is 15.9. The zero-order valence-electron chi connectivity index (χ0n) is 34.1. The van der Waals surface area contributed by atoms with Crippen molar-refractivity contribution >= 4 is 11.8 Å². The van der Waals surface area contributed by atoms with E-state index in [9.17, 15) is 35.1 Å². The Hall–Kier alpha value is -1.34. The summed E-state index contributed by atoms with van der Waals surface area (Å²) in [6.07, 6.45) is -9.87. The summed E-state index contributed by atoms with van der Waals surface area (Å²) < 4.78 is 43.6. The maximum Gasteiger partial charge on any atom is 0.314 e. The molecule has 3 fully saturated rings. The molecule has 15 heteroatoms. The number of aliphatic hydroxyl groups excluding tert-OH is 4. The highest BCUT2D eigenvalue weighted by atomic mass is 16.7. The summed E-state index contributed by atoms with van der Waals surface area (Å²) >= 11 is 0. The van der Waals surface area contributed by atoms with Crippen LogP contribution in [0.4, 0.5) is 0 Å². The van der Waals surface area contributed by atoms with Crippen LogP contribution in [0.5, 0.6) is 0 Å². The molecule has 0 spiro atoms. The van der Waals surface area contributed by atoms with Crippen molar-refractivity contribution < 1.29 is 68.3 Å². The number of ketones is 1. The van der Waals surface area contributed by atoms with Crippen molar-refractivity contribution in [3.05, 3.63) is 0 Å². The first-order chi connectivity index (χ1) is 24.5. The number of hydrogen-bond donors (Lipinski definition) is 5. The second-order valence-electron chi connectivity index (χ2n) is 16.6. The molecule has 0 aromatic heterocycles. The molecule has 15 nitrogen and oxygen atoms in total. The molecule has 3 aliphatic heterocycles. The van der Waals surface area contributed by atoms with Crippen LogP contribution in [0.1, 0.15) is 88.0 Å². The number of likely N-dealkylation sites (N-methyl/N-ethyl adjacent to an activating group) is 1. The van der Waals surface area contributed by atoms with Gasteiger partial charge in [-0.2, -0.15) is 0 Å². The van der Waals surface area contributed by atoms with Gasteiger partial charge in [0.1, 0.15) is 35.6 Å². The van der Waals surface area contributed by atoms with Crippen LogP contribution >= 0.6 is 0 Å². The van der Waals surface area contributed by atoms with Crippen molar-refractivity contribution in [1.82, 2.24) is 4.90 Å². The Labute approximate surface area is 315 Å². The number of cyclic esters (lactones) is 1. The van der Waals surface area contributed by atoms with Gasteiger partial charge in [-0.15, -0.1) is 0 Å². The molecule has 5 N–H and O–H groups in total. The summed E-state index contributed by atoms with van der Waals surface area (Å²) in [6.45, 7) is 14.2. The van der Waals surface area contributed by atoms with Crippen LogP contribution in [0.15, 0.2) is 0 Å². The molecular formula is C38H69NO14. The number of nitrogens with zero attached hydrogens (tertiary/aromatic N) is 1. The molecule has 18 unspecified atom stereocenters. The summed E-state index contributed by atoms with van der Waals surface area (Å²) in [6, 6.07) is -0.324. The molecule has 3 saturated heterocycles. The van der Waals surface area contributed by atoms with Gasteiger partial charge in [0.05, 0.1) is 48.3 Å². The van der Waals surface area contributed by atoms with Gasteiger partial charge in [0.15, 0.2) is 12.6 Å². The Morgan fingerprint density at radius 2 is 1.49 bits per heavy atom. The molecule has 0 aromatic rings. The molecule has 0 saturated carbocycles. The molecule has 53 heavy (non-hydrogen) atoms. The van der Waals surface area contributed by atoms with Crippen LogP contribution < -0.4 is 0 Å². The Morgan fingerprint density at radius 1 is 0.887 bits per heavy atom. The van der Waals surface area contributed by atoms with Crippen molar-refractivity contribution in [2.75, 3.05) is 34.9 Å². The molecule has 0 bridgehead atoms. The Bertz CT molecular complexity index is 1210. The third-order valence-electron chi connectivity index (χ3n) is 12.3. The molecule has 0 aromatic carbocycles. The average Bonchev–Trinajstić information content (AvgIpc) is 3.10. The highest BCUT2D eigenvalue weighted by Crippen LogP contribution is 2.42. The van der Waals surface area contributed by atoms with Crippen LogP contribution in [0.2, 0.25) is 0 Å². The molecule has 3 rings (SSSR count). The smallest absolute Gasteiger partial charge is 0.314 e. The molecule has 3 aliphatic rings. The van der Waals surface area contributed by atoms with E-state index in [-0.39, 0.29) is 37.2 Å². The van der Waals surface area contributed by atoms with E-state index in [2.05, 4.69) is 0 Å². The van der Waals surface area contributed by atoms with Gasteiger partial charge in [0.25, 0.3) is 0 Å². The number of carbonyl (C=O) groups is 2. The number of aliphatic hydroxyl groups is 5. The quantitative estimate of drug-likeness (QED) is 0.211. The monoisotopic (exact) mass is 763 g/mol. The number of rotatable bonds is 9. The van der Waals surface area contributed by atoms with Gasteiger partial charge in [0, 0.05) is 44.4 Å². The van der Waals surface area contributed by atoms with Crippen molar-refractivity contribution in [2.24, 2.45) is 23.7 Å². The van der Waals surface area contributed by atoms with E-state index in [0.29, 0.717) is 6.42 Å². The van der Waals surface area contributed by atoms with Crippen molar-refractivity contribution in [2.45, 2.75) is 172 Å². The van der Waals surface area contributed by atoms with Gasteiger partial charge in [-0.1, -0.05) is 27.7 Å². The fourth-order valence-electron chi connectivity index (χ4n) is 8.63. The lowest BCUT2D eigenvalue weighted by Crippen LogP contribution is -2.62. The zero-order valence-corrected chi connectivity index (χ0v) is 34.1. The number of carbonyl (C=O) groups excluding carboxylic acids is 2. The normalized spacial score (nSPS) is 48.3. The second-order valence-corrected chi connectivity index (χ2v) is 16.6. The number of methoxy groups -OCH3 is 2. The largest absolute Gasteiger partial charge is 0.459 e. The van der Waals surface area contributed by atoms with Gasteiger partial charge < -0.3 is 63.6 Å². The summed E-state index contributed by atoms with van der Waals surface area (Å²) in [5, 5.41) is 56.6. The first-order valence-electron chi connectivity index (χ1n) is 19.0. The van der Waals surface area contributed by atoms with Crippen LogP contribution in [0.25, 0.3) is 0 Å². The number of esters is 1. The third-order valence-corrected chi connectivity index (χ3v) is 12.3. The van der Waals surface area contributed by atoms with Crippen LogP contribution in [-0.2, 0) is 42.7 Å². The lowest BCUT2D eigenvalue weighted by molar-refractivity contribution is -0.320. The first-order valence-corrected chi connectivity index (χ1v) is 19.0. The fourth-order valence-corrected chi connectivity index (χ4v) is 8.63. The third kappa shape index (κ3) is 9.80. The molecule has 0 aliphatic carbocycles. The van der Waals surface area contributed by atoms with Crippen LogP contribution in [0.3, 0.4) is 0 Å². The number of ether oxygens (including phenoxy) is 7. The Balaban J connectivity index is 2.26. The summed E-state index contributed by atoms with van der Waals surface area (Å²) in [7, 11) is 6.64. The summed E-state index contributed by atoms with van der Waals surface area (Å²) in [5.74, 6) is -5.37. The van der Waals surface area contributed by atoms with Crippen LogP contribution in [0, 0.1) is 23.7 Å². The summed E-state index contributed by atoms with van der Waals surface area (Å²) in [5.41, 5.74) is -4.47. The predicted octanol–water partition coefficient (Wildman–Crippen LogP) is 1.41. The van der Waals surface area contributed by atoms with Gasteiger partial charge in [-0.3, -0.25) is 9.59 Å². The van der Waals surface area contributed by atoms with Crippen molar-refractivity contribution in [3.63, 3.8) is 0 Å². The zero-order chi connectivity index (χ0) is 40.4. The van der Waals surface area contributed by atoms with Gasteiger partial charge in [0.2, 0.25) is 0 Å². The van der Waals surface area contributed by atoms with E-state index in [0.717, 1.165) is 0 Å². The molecular weight excluding hydrogens is 694 g/mol. The van der Waals surface area contributed by atoms with Gasteiger partial charge in [-0.25, -0.2) is 0 Å². The maximum absolute atomic E-state index is 14.2. The SMILES string of the molecule is CCC1OC(=O)C(CO)C(OC2CC(C)(OC)C(O)C(C)O2)C(C)C(OC2OC(C)CC(N(C)C)C2O)C(C)(OC)CC(C)C(=O)C(C)C(O)C1(C)O. The molecule has 0 radical (unpaired) electrons. The fraction of sp³-hybridized carbons (Fsp3) is 0.947. The standard InChI is InChI=1S/C38H69NO14/c1-14-26-38(9,46)31(43)21(4)28(41)19(2)16-37(8,48-13)33(53-35-29(42)25(39(10)11)15-20(3)49-35)22(5)30(24(18-40)34(45)51-26)52-27-17-36(7,47-12)32(44)23(6)50-27/h19-27,29-33,35,40,42-44,46H,14-18H2,1-13H3. The summed E-state index contributed by atoms with van der Waals surface area (Å²) in [4.78, 5) is 30.1. The number of hydrogen-bond acceptors (Lipinski definition) is 15. The highest BCUT2D eigenvalue weighted by Gasteiger charge is 2.54. The first kappa shape index (κ1) is 46.0. The topological polar surface area (TPSA) is 203 Å². The van der Waals surface area contributed by atoms with E-state index >= 15 is 0 Å². The predicted molar refractivity (Wildman–Crippen MR) is 192 cm³/mol. The minimum atomic E-state index is -2.05. The van der Waals surface area contributed by atoms with Gasteiger partial charge >= 0.3 is 5.97 Å². The van der Waals surface area contributed by atoms with Crippen molar-refractivity contribution in [3.8, 4) is 0 Å². The van der Waals surface area contributed by atoms with Gasteiger partial charge in [-0.05, 0) is 68.0 Å². The lowest BCUT2D eigenvalue weighted by Gasteiger charge is -2.50. The van der Waals surface area contributed by atoms with Crippen molar-refractivity contribution in [1.29, 1.82) is 0 Å². The minimum Gasteiger partial charge on any atom is -0.459 e. The molecule has 0 amide bonds. The molecule has 18 atom stereocenters.